The number of nitrogens with two attached hydrogens (primary N) is 1. The van der Waals surface area contributed by atoms with Crippen LogP contribution < -0.4 is 10.5 Å². The highest BCUT2D eigenvalue weighted by atomic mass is 35.5. The molecule has 1 aromatic carbocycles. The minimum atomic E-state index is -0.300. The maximum Gasteiger partial charge on any atom is 0.119 e. The highest BCUT2D eigenvalue weighted by Crippen LogP contribution is 2.20. The van der Waals surface area contributed by atoms with Crippen molar-refractivity contribution in [3.63, 3.8) is 0 Å². The fourth-order valence-electron chi connectivity index (χ4n) is 1.29. The van der Waals surface area contributed by atoms with E-state index in [1.54, 1.807) is 7.11 Å². The number of methoxy groups -OCH3 is 1. The lowest BCUT2D eigenvalue weighted by Crippen LogP contribution is -2.15. The summed E-state index contributed by atoms with van der Waals surface area (Å²) in [6.45, 7) is 1.92. The summed E-state index contributed by atoms with van der Waals surface area (Å²) in [6.07, 6.45) is 0. The second-order valence-electron chi connectivity index (χ2n) is 3.01. The smallest absolute Gasteiger partial charge is 0.119 e. The van der Waals surface area contributed by atoms with E-state index in [0.717, 1.165) is 16.9 Å². The number of ether oxygens (including phenoxy) is 1. The Balaban J connectivity index is 0.00000169. The summed E-state index contributed by atoms with van der Waals surface area (Å²) in [5.41, 5.74) is 7.70. The van der Waals surface area contributed by atoms with E-state index >= 15 is 0 Å². The van der Waals surface area contributed by atoms with Crippen molar-refractivity contribution in [2.24, 2.45) is 5.73 Å². The summed E-state index contributed by atoms with van der Waals surface area (Å²) in [5.74, 6) is 0.811. The molecule has 0 heterocycles. The summed E-state index contributed by atoms with van der Waals surface area (Å²) in [5, 5.41) is 8.88. The van der Waals surface area contributed by atoms with Crippen LogP contribution in [0.3, 0.4) is 0 Å². The van der Waals surface area contributed by atoms with Gasteiger partial charge in [-0.3, -0.25) is 0 Å². The third kappa shape index (κ3) is 2.87. The molecule has 3 N–H and O–H groups in total. The number of rotatable bonds is 3. The molecule has 0 aliphatic rings. The van der Waals surface area contributed by atoms with Gasteiger partial charge in [-0.15, -0.1) is 12.4 Å². The van der Waals surface area contributed by atoms with Crippen LogP contribution in [0.15, 0.2) is 18.2 Å². The highest BCUT2D eigenvalue weighted by molar-refractivity contribution is 5.85. The third-order valence-electron chi connectivity index (χ3n) is 2.07. The van der Waals surface area contributed by atoms with Gasteiger partial charge in [-0.05, 0) is 30.2 Å². The lowest BCUT2D eigenvalue weighted by atomic mass is 10.0. The molecule has 0 spiro atoms. The predicted molar refractivity (Wildman–Crippen MR) is 59.0 cm³/mol. The Morgan fingerprint density at radius 1 is 1.50 bits per heavy atom. The van der Waals surface area contributed by atoms with E-state index in [-0.39, 0.29) is 25.1 Å². The molecule has 1 atom stereocenters. The van der Waals surface area contributed by atoms with Crippen molar-refractivity contribution in [2.45, 2.75) is 13.0 Å². The van der Waals surface area contributed by atoms with E-state index in [4.69, 9.17) is 15.6 Å². The van der Waals surface area contributed by atoms with E-state index < -0.39 is 0 Å². The molecular weight excluding hydrogens is 202 g/mol. The molecule has 0 fully saturated rings. The highest BCUT2D eigenvalue weighted by Gasteiger charge is 2.07. The number of halogens is 1. The summed E-state index contributed by atoms with van der Waals surface area (Å²) in [7, 11) is 1.63. The Morgan fingerprint density at radius 2 is 2.14 bits per heavy atom. The number of benzene rings is 1. The quantitative estimate of drug-likeness (QED) is 0.805. The van der Waals surface area contributed by atoms with Crippen LogP contribution in [0.2, 0.25) is 0 Å². The first-order valence-corrected chi connectivity index (χ1v) is 4.20. The summed E-state index contributed by atoms with van der Waals surface area (Å²) >= 11 is 0. The van der Waals surface area contributed by atoms with Crippen LogP contribution in [-0.4, -0.2) is 18.8 Å². The number of aliphatic hydroxyl groups is 1. The molecule has 14 heavy (non-hydrogen) atoms. The molecule has 0 radical (unpaired) electrons. The van der Waals surface area contributed by atoms with E-state index in [9.17, 15) is 0 Å². The fraction of sp³-hybridized carbons (Fsp3) is 0.400. The van der Waals surface area contributed by atoms with Gasteiger partial charge in [-0.2, -0.15) is 0 Å². The Kier molecular flexibility index (Phi) is 5.53. The minimum absolute atomic E-state index is 0. The molecule has 1 rings (SSSR count). The van der Waals surface area contributed by atoms with Gasteiger partial charge in [-0.1, -0.05) is 6.07 Å². The minimum Gasteiger partial charge on any atom is -0.497 e. The lowest BCUT2D eigenvalue weighted by Gasteiger charge is -2.12. The standard InChI is InChI=1S/C10H15NO2.ClH/c1-7-5-8(13-2)3-4-9(7)10(11)6-12;/h3-5,10,12H,6,11H2,1-2H3;1H/t10-;/m1./s1. The molecule has 0 bridgehead atoms. The predicted octanol–water partition coefficient (Wildman–Crippen LogP) is 1.42. The van der Waals surface area contributed by atoms with Gasteiger partial charge in [0, 0.05) is 0 Å². The SMILES string of the molecule is COc1ccc([C@H](N)CO)c(C)c1.Cl. The van der Waals surface area contributed by atoms with Gasteiger partial charge in [0.2, 0.25) is 0 Å². The van der Waals surface area contributed by atoms with Crippen molar-refractivity contribution in [2.75, 3.05) is 13.7 Å². The lowest BCUT2D eigenvalue weighted by molar-refractivity contribution is 0.267. The van der Waals surface area contributed by atoms with Crippen molar-refractivity contribution in [3.8, 4) is 5.75 Å². The van der Waals surface area contributed by atoms with Gasteiger partial charge in [-0.25, -0.2) is 0 Å². The molecule has 0 saturated carbocycles. The largest absolute Gasteiger partial charge is 0.497 e. The first kappa shape index (κ1) is 13.2. The van der Waals surface area contributed by atoms with E-state index in [1.165, 1.54) is 0 Å². The Labute approximate surface area is 90.3 Å². The molecule has 0 aliphatic heterocycles. The molecule has 0 aliphatic carbocycles. The zero-order valence-electron chi connectivity index (χ0n) is 8.36. The van der Waals surface area contributed by atoms with Gasteiger partial charge in [0.25, 0.3) is 0 Å². The van der Waals surface area contributed by atoms with Crippen LogP contribution in [0.1, 0.15) is 17.2 Å². The second-order valence-corrected chi connectivity index (χ2v) is 3.01. The Bertz CT molecular complexity index is 291. The van der Waals surface area contributed by atoms with Crippen molar-refractivity contribution in [3.05, 3.63) is 29.3 Å². The topological polar surface area (TPSA) is 55.5 Å². The van der Waals surface area contributed by atoms with E-state index in [2.05, 4.69) is 0 Å². The zero-order chi connectivity index (χ0) is 9.84. The van der Waals surface area contributed by atoms with Crippen molar-refractivity contribution >= 4 is 12.4 Å². The average molecular weight is 218 g/mol. The maximum absolute atomic E-state index is 8.88. The van der Waals surface area contributed by atoms with Crippen LogP contribution >= 0.6 is 12.4 Å². The Morgan fingerprint density at radius 3 is 2.57 bits per heavy atom. The van der Waals surface area contributed by atoms with Crippen molar-refractivity contribution < 1.29 is 9.84 Å². The molecule has 0 amide bonds. The molecular formula is C10H16ClNO2. The maximum atomic E-state index is 8.88. The zero-order valence-corrected chi connectivity index (χ0v) is 9.17. The monoisotopic (exact) mass is 217 g/mol. The van der Waals surface area contributed by atoms with E-state index in [0.29, 0.717) is 0 Å². The summed E-state index contributed by atoms with van der Waals surface area (Å²) in [4.78, 5) is 0. The molecule has 4 heteroatoms. The second kappa shape index (κ2) is 5.86. The third-order valence-corrected chi connectivity index (χ3v) is 2.07. The average Bonchev–Trinajstić information content (AvgIpc) is 2.16. The van der Waals surface area contributed by atoms with Crippen LogP contribution in [-0.2, 0) is 0 Å². The van der Waals surface area contributed by atoms with Crippen LogP contribution in [0, 0.1) is 6.92 Å². The molecule has 0 aromatic heterocycles. The van der Waals surface area contributed by atoms with Crippen LogP contribution in [0.25, 0.3) is 0 Å². The first-order valence-electron chi connectivity index (χ1n) is 4.20. The summed E-state index contributed by atoms with van der Waals surface area (Å²) in [6, 6.07) is 5.34. The normalized spacial score (nSPS) is 11.7. The van der Waals surface area contributed by atoms with Gasteiger partial charge in [0.1, 0.15) is 5.75 Å². The molecule has 0 saturated heterocycles. The van der Waals surface area contributed by atoms with Gasteiger partial charge >= 0.3 is 0 Å². The number of aryl methyl sites for hydroxylation is 1. The summed E-state index contributed by atoms with van der Waals surface area (Å²) < 4.78 is 5.06. The van der Waals surface area contributed by atoms with Crippen LogP contribution in [0.4, 0.5) is 0 Å². The van der Waals surface area contributed by atoms with Crippen molar-refractivity contribution in [1.29, 1.82) is 0 Å². The molecule has 0 unspecified atom stereocenters. The van der Waals surface area contributed by atoms with Crippen molar-refractivity contribution in [1.82, 2.24) is 0 Å². The molecule has 1 aromatic rings. The van der Waals surface area contributed by atoms with Crippen LogP contribution in [0.5, 0.6) is 5.75 Å². The van der Waals surface area contributed by atoms with Gasteiger partial charge in [0.15, 0.2) is 0 Å². The molecule has 3 nitrogen and oxygen atoms in total. The Hall–Kier alpha value is -0.770. The van der Waals surface area contributed by atoms with Gasteiger partial charge in [0.05, 0.1) is 19.8 Å². The number of aliphatic hydroxyl groups excluding tert-OH is 1. The molecule has 80 valence electrons. The number of hydrogen-bond acceptors (Lipinski definition) is 3. The first-order chi connectivity index (χ1) is 6.19. The van der Waals surface area contributed by atoms with E-state index in [1.807, 2.05) is 25.1 Å². The fourth-order valence-corrected chi connectivity index (χ4v) is 1.29. The number of hydrogen-bond donors (Lipinski definition) is 2. The van der Waals surface area contributed by atoms with Gasteiger partial charge < -0.3 is 15.6 Å².